The van der Waals surface area contributed by atoms with Gasteiger partial charge in [-0.2, -0.15) is 0 Å². The van der Waals surface area contributed by atoms with Crippen LogP contribution in [0.4, 0.5) is 0 Å². The first-order valence-electron chi connectivity index (χ1n) is 8.98. The highest BCUT2D eigenvalue weighted by atomic mass is 16.2. The number of aryl methyl sites for hydroxylation is 1. The van der Waals surface area contributed by atoms with Crippen LogP contribution in [-0.4, -0.2) is 38.4 Å². The number of hydrogen-bond acceptors (Lipinski definition) is 3. The third-order valence-corrected chi connectivity index (χ3v) is 5.51. The first-order chi connectivity index (χ1) is 11.7. The van der Waals surface area contributed by atoms with E-state index < -0.39 is 0 Å². The normalized spacial score (nSPS) is 19.3. The monoisotopic (exact) mass is 324 g/mol. The second-order valence-electron chi connectivity index (χ2n) is 6.99. The van der Waals surface area contributed by atoms with Crippen LogP contribution in [0.2, 0.25) is 0 Å². The van der Waals surface area contributed by atoms with E-state index in [1.165, 1.54) is 6.42 Å². The summed E-state index contributed by atoms with van der Waals surface area (Å²) < 4.78 is 2.01. The number of carbonyl (C=O) groups excluding carboxylic acids is 1. The van der Waals surface area contributed by atoms with Gasteiger partial charge in [0.25, 0.3) is 0 Å². The molecule has 3 heterocycles. The zero-order valence-corrected chi connectivity index (χ0v) is 14.2. The highest BCUT2D eigenvalue weighted by Gasteiger charge is 2.32. The summed E-state index contributed by atoms with van der Waals surface area (Å²) >= 11 is 0. The Morgan fingerprint density at radius 1 is 1.17 bits per heavy atom. The molecule has 1 aliphatic carbocycles. The fourth-order valence-electron chi connectivity index (χ4n) is 3.73. The fourth-order valence-corrected chi connectivity index (χ4v) is 3.73. The molecule has 1 saturated heterocycles. The molecule has 1 saturated carbocycles. The maximum atomic E-state index is 12.4. The number of hydrogen-bond donors (Lipinski definition) is 0. The van der Waals surface area contributed by atoms with Crippen LogP contribution in [0.3, 0.4) is 0 Å². The van der Waals surface area contributed by atoms with Gasteiger partial charge in [-0.3, -0.25) is 9.36 Å². The van der Waals surface area contributed by atoms with Crippen molar-refractivity contribution in [1.82, 2.24) is 19.4 Å². The number of pyridine rings is 1. The van der Waals surface area contributed by atoms with Crippen molar-refractivity contribution in [3.05, 3.63) is 42.1 Å². The van der Waals surface area contributed by atoms with E-state index in [0.29, 0.717) is 17.7 Å². The summed E-state index contributed by atoms with van der Waals surface area (Å²) in [7, 11) is 0. The number of piperidine rings is 1. The highest BCUT2D eigenvalue weighted by Crippen LogP contribution is 2.32. The van der Waals surface area contributed by atoms with Crippen LogP contribution in [0.1, 0.15) is 49.5 Å². The van der Waals surface area contributed by atoms with Crippen LogP contribution in [0.15, 0.2) is 30.6 Å². The molecule has 1 amide bonds. The van der Waals surface area contributed by atoms with Crippen molar-refractivity contribution >= 4 is 5.91 Å². The Kier molecular flexibility index (Phi) is 4.08. The van der Waals surface area contributed by atoms with Crippen LogP contribution in [0.5, 0.6) is 0 Å². The van der Waals surface area contributed by atoms with Crippen LogP contribution in [0, 0.1) is 12.8 Å². The van der Waals surface area contributed by atoms with Gasteiger partial charge in [0.1, 0.15) is 11.6 Å². The van der Waals surface area contributed by atoms with Crippen LogP contribution >= 0.6 is 0 Å². The number of amides is 1. The van der Waals surface area contributed by atoms with Crippen molar-refractivity contribution in [2.45, 2.75) is 44.9 Å². The summed E-state index contributed by atoms with van der Waals surface area (Å²) in [4.78, 5) is 23.6. The van der Waals surface area contributed by atoms with E-state index in [1.807, 2.05) is 23.8 Å². The third kappa shape index (κ3) is 2.83. The van der Waals surface area contributed by atoms with Crippen LogP contribution in [-0.2, 0) is 4.79 Å². The number of likely N-dealkylation sites (tertiary alicyclic amines) is 1. The minimum atomic E-state index is 0.312. The topological polar surface area (TPSA) is 51.0 Å². The van der Waals surface area contributed by atoms with Crippen molar-refractivity contribution in [3.8, 4) is 5.82 Å². The summed E-state index contributed by atoms with van der Waals surface area (Å²) in [6.07, 6.45) is 9.17. The van der Waals surface area contributed by atoms with Gasteiger partial charge in [-0.25, -0.2) is 9.97 Å². The Bertz CT molecular complexity index is 726. The van der Waals surface area contributed by atoms with Gasteiger partial charge in [-0.1, -0.05) is 12.5 Å². The largest absolute Gasteiger partial charge is 0.342 e. The number of rotatable bonds is 3. The molecular weight excluding hydrogens is 300 g/mol. The molecule has 2 aromatic heterocycles. The highest BCUT2D eigenvalue weighted by molar-refractivity contribution is 5.79. The van der Waals surface area contributed by atoms with E-state index in [0.717, 1.165) is 56.1 Å². The zero-order valence-electron chi connectivity index (χ0n) is 14.2. The van der Waals surface area contributed by atoms with E-state index in [4.69, 9.17) is 4.98 Å². The standard InChI is InChI=1S/C19H24N4O/c1-14-20-10-13-23(14)18-7-3-6-17(21-18)15-8-11-22(12-9-15)19(24)16-4-2-5-16/h3,6-7,10,13,15-16H,2,4-5,8-9,11-12H2,1H3. The minimum absolute atomic E-state index is 0.312. The molecule has 24 heavy (non-hydrogen) atoms. The van der Waals surface area contributed by atoms with Crippen LogP contribution in [0.25, 0.3) is 5.82 Å². The maximum Gasteiger partial charge on any atom is 0.225 e. The smallest absolute Gasteiger partial charge is 0.225 e. The molecule has 5 nitrogen and oxygen atoms in total. The van der Waals surface area contributed by atoms with Gasteiger partial charge in [0.2, 0.25) is 5.91 Å². The Labute approximate surface area is 142 Å². The van der Waals surface area contributed by atoms with E-state index in [1.54, 1.807) is 6.20 Å². The van der Waals surface area contributed by atoms with Gasteiger partial charge in [-0.05, 0) is 44.7 Å². The summed E-state index contributed by atoms with van der Waals surface area (Å²) in [6.45, 7) is 3.73. The van der Waals surface area contributed by atoms with Crippen molar-refractivity contribution in [1.29, 1.82) is 0 Å². The number of carbonyl (C=O) groups is 1. The second-order valence-corrected chi connectivity index (χ2v) is 6.99. The first kappa shape index (κ1) is 15.4. The van der Waals surface area contributed by atoms with Crippen molar-refractivity contribution in [2.24, 2.45) is 5.92 Å². The van der Waals surface area contributed by atoms with E-state index in [9.17, 15) is 4.79 Å². The molecule has 0 N–H and O–H groups in total. The molecule has 126 valence electrons. The SMILES string of the molecule is Cc1nccn1-c1cccc(C2CCN(C(=O)C3CCC3)CC2)n1. The van der Waals surface area contributed by atoms with Crippen molar-refractivity contribution in [3.63, 3.8) is 0 Å². The van der Waals surface area contributed by atoms with Gasteiger partial charge >= 0.3 is 0 Å². The summed E-state index contributed by atoms with van der Waals surface area (Å²) in [5, 5.41) is 0. The summed E-state index contributed by atoms with van der Waals surface area (Å²) in [5.41, 5.74) is 1.14. The van der Waals surface area contributed by atoms with Crippen molar-refractivity contribution < 1.29 is 4.79 Å². The van der Waals surface area contributed by atoms with Crippen LogP contribution < -0.4 is 0 Å². The molecular formula is C19H24N4O. The fraction of sp³-hybridized carbons (Fsp3) is 0.526. The molecule has 1 aliphatic heterocycles. The molecule has 2 aliphatic rings. The minimum Gasteiger partial charge on any atom is -0.342 e. The Balaban J connectivity index is 1.44. The lowest BCUT2D eigenvalue weighted by Crippen LogP contribution is -2.43. The lowest BCUT2D eigenvalue weighted by Gasteiger charge is -2.36. The Morgan fingerprint density at radius 3 is 2.58 bits per heavy atom. The molecule has 0 atom stereocenters. The molecule has 2 fully saturated rings. The number of aromatic nitrogens is 3. The average molecular weight is 324 g/mol. The molecule has 2 aromatic rings. The summed E-state index contributed by atoms with van der Waals surface area (Å²) in [5.74, 6) is 3.01. The zero-order chi connectivity index (χ0) is 16.5. The lowest BCUT2D eigenvalue weighted by atomic mass is 9.83. The van der Waals surface area contributed by atoms with E-state index in [2.05, 4.69) is 22.0 Å². The van der Waals surface area contributed by atoms with Gasteiger partial charge in [0.15, 0.2) is 0 Å². The number of imidazole rings is 1. The first-order valence-corrected chi connectivity index (χ1v) is 8.98. The predicted octanol–water partition coefficient (Wildman–Crippen LogP) is 3.08. The van der Waals surface area contributed by atoms with E-state index in [-0.39, 0.29) is 0 Å². The summed E-state index contributed by atoms with van der Waals surface area (Å²) in [6, 6.07) is 6.21. The lowest BCUT2D eigenvalue weighted by molar-refractivity contribution is -0.139. The Morgan fingerprint density at radius 2 is 1.96 bits per heavy atom. The Hall–Kier alpha value is -2.17. The van der Waals surface area contributed by atoms with Gasteiger partial charge in [0, 0.05) is 43.0 Å². The average Bonchev–Trinajstić information content (AvgIpc) is 3.00. The van der Waals surface area contributed by atoms with Gasteiger partial charge in [0.05, 0.1) is 0 Å². The molecule has 0 bridgehead atoms. The van der Waals surface area contributed by atoms with E-state index >= 15 is 0 Å². The molecule has 0 aromatic carbocycles. The van der Waals surface area contributed by atoms with Gasteiger partial charge in [-0.15, -0.1) is 0 Å². The second kappa shape index (κ2) is 6.38. The molecule has 0 unspecified atom stereocenters. The molecule has 0 spiro atoms. The van der Waals surface area contributed by atoms with Crippen molar-refractivity contribution in [2.75, 3.05) is 13.1 Å². The van der Waals surface area contributed by atoms with Gasteiger partial charge < -0.3 is 4.90 Å². The molecule has 5 heteroatoms. The quantitative estimate of drug-likeness (QED) is 0.872. The number of nitrogens with zero attached hydrogens (tertiary/aromatic N) is 4. The molecule has 4 rings (SSSR count). The molecule has 0 radical (unpaired) electrons. The predicted molar refractivity (Wildman–Crippen MR) is 92.0 cm³/mol. The maximum absolute atomic E-state index is 12.4. The third-order valence-electron chi connectivity index (χ3n) is 5.51.